The smallest absolute Gasteiger partial charge is 0.174 e. The van der Waals surface area contributed by atoms with Crippen LogP contribution < -0.4 is 5.32 Å². The normalized spacial score (nSPS) is 10.5. The van der Waals surface area contributed by atoms with Gasteiger partial charge in [0, 0.05) is 19.6 Å². The van der Waals surface area contributed by atoms with Crippen LogP contribution in [0.4, 0.5) is 0 Å². The lowest BCUT2D eigenvalue weighted by atomic mass is 10.2. The third kappa shape index (κ3) is 4.88. The van der Waals surface area contributed by atoms with Crippen LogP contribution in [0.3, 0.4) is 0 Å². The number of rotatable bonds is 7. The topological polar surface area (TPSA) is 49.3 Å². The fourth-order valence-corrected chi connectivity index (χ4v) is 2.47. The molecule has 15 heavy (non-hydrogen) atoms. The van der Waals surface area contributed by atoms with Crippen LogP contribution in [0.25, 0.3) is 0 Å². The van der Waals surface area contributed by atoms with Crippen molar-refractivity contribution in [2.75, 3.05) is 19.7 Å². The highest BCUT2D eigenvalue weighted by atomic mass is 79.9. The van der Waals surface area contributed by atoms with E-state index >= 15 is 0 Å². The zero-order valence-corrected chi connectivity index (χ0v) is 10.7. The Balaban J connectivity index is 2.19. The van der Waals surface area contributed by atoms with Gasteiger partial charge in [0.2, 0.25) is 0 Å². The lowest BCUT2D eigenvalue weighted by molar-refractivity contribution is 0.0986. The predicted molar refractivity (Wildman–Crippen MR) is 65.5 cm³/mol. The minimum absolute atomic E-state index is 0.169. The van der Waals surface area contributed by atoms with Gasteiger partial charge in [0.15, 0.2) is 5.78 Å². The summed E-state index contributed by atoms with van der Waals surface area (Å²) >= 11 is 4.79. The SMILES string of the molecule is O=C(CCNCCCO)c1ccc(Br)s1. The molecule has 0 saturated heterocycles. The second-order valence-corrected chi connectivity index (χ2v) is 5.57. The van der Waals surface area contributed by atoms with Gasteiger partial charge in [0.1, 0.15) is 0 Å². The number of aliphatic hydroxyl groups excluding tert-OH is 1. The highest BCUT2D eigenvalue weighted by Gasteiger charge is 2.07. The van der Waals surface area contributed by atoms with Crippen molar-refractivity contribution in [1.82, 2.24) is 5.32 Å². The van der Waals surface area contributed by atoms with Gasteiger partial charge < -0.3 is 10.4 Å². The molecule has 2 N–H and O–H groups in total. The fraction of sp³-hybridized carbons (Fsp3) is 0.500. The van der Waals surface area contributed by atoms with E-state index in [4.69, 9.17) is 5.11 Å². The van der Waals surface area contributed by atoms with E-state index in [2.05, 4.69) is 21.2 Å². The Morgan fingerprint density at radius 2 is 2.27 bits per heavy atom. The molecule has 0 aliphatic heterocycles. The molecule has 0 radical (unpaired) electrons. The average Bonchev–Trinajstić information content (AvgIpc) is 2.64. The minimum atomic E-state index is 0.169. The zero-order chi connectivity index (χ0) is 11.1. The quantitative estimate of drug-likeness (QED) is 0.597. The van der Waals surface area contributed by atoms with Crippen LogP contribution in [0.15, 0.2) is 15.9 Å². The highest BCUT2D eigenvalue weighted by Crippen LogP contribution is 2.22. The third-order valence-corrected chi connectivity index (χ3v) is 3.55. The summed E-state index contributed by atoms with van der Waals surface area (Å²) in [4.78, 5) is 12.4. The maximum Gasteiger partial charge on any atom is 0.174 e. The molecule has 0 unspecified atom stereocenters. The summed E-state index contributed by atoms with van der Waals surface area (Å²) in [5.74, 6) is 0.169. The van der Waals surface area contributed by atoms with Crippen LogP contribution in [0.1, 0.15) is 22.5 Å². The Morgan fingerprint density at radius 1 is 1.47 bits per heavy atom. The molecule has 0 saturated carbocycles. The standard InChI is InChI=1S/C10H14BrNO2S/c11-10-3-2-9(15-10)8(14)4-6-12-5-1-7-13/h2-3,12-13H,1,4-7H2. The molecule has 0 aliphatic carbocycles. The first-order valence-electron chi connectivity index (χ1n) is 4.84. The van der Waals surface area contributed by atoms with Crippen LogP contribution in [-0.2, 0) is 0 Å². The summed E-state index contributed by atoms with van der Waals surface area (Å²) in [5.41, 5.74) is 0. The monoisotopic (exact) mass is 291 g/mol. The number of ketones is 1. The van der Waals surface area contributed by atoms with Crippen LogP contribution in [0.5, 0.6) is 0 Å². The first-order valence-corrected chi connectivity index (χ1v) is 6.45. The molecule has 5 heteroatoms. The Kier molecular flexibility index (Phi) is 6.09. The largest absolute Gasteiger partial charge is 0.396 e. The van der Waals surface area contributed by atoms with Gasteiger partial charge in [-0.25, -0.2) is 0 Å². The van der Waals surface area contributed by atoms with E-state index < -0.39 is 0 Å². The molecule has 1 heterocycles. The molecule has 0 aliphatic rings. The fourth-order valence-electron chi connectivity index (χ4n) is 1.12. The molecule has 1 aromatic rings. The zero-order valence-electron chi connectivity index (χ0n) is 8.33. The van der Waals surface area contributed by atoms with Crippen LogP contribution in [0.2, 0.25) is 0 Å². The van der Waals surface area contributed by atoms with Gasteiger partial charge in [-0.05, 0) is 41.0 Å². The van der Waals surface area contributed by atoms with Crippen molar-refractivity contribution in [1.29, 1.82) is 0 Å². The molecular weight excluding hydrogens is 278 g/mol. The molecule has 0 amide bonds. The third-order valence-electron chi connectivity index (χ3n) is 1.89. The minimum Gasteiger partial charge on any atom is -0.396 e. The summed E-state index contributed by atoms with van der Waals surface area (Å²) in [6.07, 6.45) is 1.25. The van der Waals surface area contributed by atoms with E-state index in [1.807, 2.05) is 12.1 Å². The summed E-state index contributed by atoms with van der Waals surface area (Å²) < 4.78 is 0.985. The number of carbonyl (C=O) groups excluding carboxylic acids is 1. The predicted octanol–water partition coefficient (Wildman–Crippen LogP) is 2.06. The Bertz CT molecular complexity index is 314. The molecule has 0 atom stereocenters. The highest BCUT2D eigenvalue weighted by molar-refractivity contribution is 9.11. The summed E-state index contributed by atoms with van der Waals surface area (Å²) in [7, 11) is 0. The van der Waals surface area contributed by atoms with Gasteiger partial charge in [0.05, 0.1) is 8.66 Å². The first-order chi connectivity index (χ1) is 7.24. The number of carbonyl (C=O) groups is 1. The molecule has 0 spiro atoms. The lowest BCUT2D eigenvalue weighted by Crippen LogP contribution is -2.19. The number of thiophene rings is 1. The maximum absolute atomic E-state index is 11.6. The Hall–Kier alpha value is -0.230. The van der Waals surface area contributed by atoms with Crippen molar-refractivity contribution in [3.05, 3.63) is 20.8 Å². The van der Waals surface area contributed by atoms with E-state index in [1.54, 1.807) is 0 Å². The molecule has 0 aromatic carbocycles. The average molecular weight is 292 g/mol. The summed E-state index contributed by atoms with van der Waals surface area (Å²) in [6, 6.07) is 3.72. The molecule has 0 fully saturated rings. The maximum atomic E-state index is 11.6. The van der Waals surface area contributed by atoms with Crippen LogP contribution in [0, 0.1) is 0 Å². The van der Waals surface area contributed by atoms with E-state index in [0.717, 1.165) is 21.6 Å². The van der Waals surface area contributed by atoms with Gasteiger partial charge in [-0.1, -0.05) is 0 Å². The molecule has 0 bridgehead atoms. The Labute approximate surface area is 102 Å². The second kappa shape index (κ2) is 7.11. The molecular formula is C10H14BrNO2S. The number of halogens is 1. The van der Waals surface area contributed by atoms with Crippen molar-refractivity contribution in [3.8, 4) is 0 Å². The number of hydrogen-bond donors (Lipinski definition) is 2. The number of aliphatic hydroxyl groups is 1. The van der Waals surface area contributed by atoms with E-state index in [1.165, 1.54) is 11.3 Å². The molecule has 1 aromatic heterocycles. The van der Waals surface area contributed by atoms with Gasteiger partial charge in [-0.3, -0.25) is 4.79 Å². The molecule has 1 rings (SSSR count). The van der Waals surface area contributed by atoms with E-state index in [-0.39, 0.29) is 12.4 Å². The van der Waals surface area contributed by atoms with Crippen LogP contribution in [-0.4, -0.2) is 30.6 Å². The number of nitrogens with one attached hydrogen (secondary N) is 1. The second-order valence-electron chi connectivity index (χ2n) is 3.10. The van der Waals surface area contributed by atoms with Gasteiger partial charge in [0.25, 0.3) is 0 Å². The van der Waals surface area contributed by atoms with Crippen molar-refractivity contribution in [2.45, 2.75) is 12.8 Å². The van der Waals surface area contributed by atoms with Gasteiger partial charge >= 0.3 is 0 Å². The van der Waals surface area contributed by atoms with Crippen molar-refractivity contribution in [3.63, 3.8) is 0 Å². The lowest BCUT2D eigenvalue weighted by Gasteiger charge is -2.01. The molecule has 84 valence electrons. The van der Waals surface area contributed by atoms with Gasteiger partial charge in [-0.15, -0.1) is 11.3 Å². The van der Waals surface area contributed by atoms with Crippen molar-refractivity contribution >= 4 is 33.0 Å². The summed E-state index contributed by atoms with van der Waals surface area (Å²) in [6.45, 7) is 1.63. The van der Waals surface area contributed by atoms with E-state index in [9.17, 15) is 4.79 Å². The number of Topliss-reactive ketones (excluding diaryl/α,β-unsaturated/α-hetero) is 1. The van der Waals surface area contributed by atoms with Crippen molar-refractivity contribution < 1.29 is 9.90 Å². The van der Waals surface area contributed by atoms with Gasteiger partial charge in [-0.2, -0.15) is 0 Å². The first kappa shape index (κ1) is 12.8. The summed E-state index contributed by atoms with van der Waals surface area (Å²) in [5, 5.41) is 11.7. The Morgan fingerprint density at radius 3 is 2.87 bits per heavy atom. The van der Waals surface area contributed by atoms with Crippen molar-refractivity contribution in [2.24, 2.45) is 0 Å². The number of hydrogen-bond acceptors (Lipinski definition) is 4. The molecule has 3 nitrogen and oxygen atoms in total. The van der Waals surface area contributed by atoms with Crippen LogP contribution >= 0.6 is 27.3 Å². The van der Waals surface area contributed by atoms with E-state index in [0.29, 0.717) is 13.0 Å².